The summed E-state index contributed by atoms with van der Waals surface area (Å²) in [7, 11) is 4.60. The van der Waals surface area contributed by atoms with E-state index >= 15 is 0 Å². The quantitative estimate of drug-likeness (QED) is 0.809. The van der Waals surface area contributed by atoms with Crippen LogP contribution < -0.4 is 5.32 Å². The SMILES string of the molecule is CNC1CCCCCCCCCCC1N(C)C1CCCC1. The summed E-state index contributed by atoms with van der Waals surface area (Å²) in [4.78, 5) is 2.76. The smallest absolute Gasteiger partial charge is 0.0249 e. The van der Waals surface area contributed by atoms with Crippen LogP contribution in [0.5, 0.6) is 0 Å². The van der Waals surface area contributed by atoms with E-state index in [4.69, 9.17) is 0 Å². The molecule has 0 heterocycles. The number of rotatable bonds is 3. The molecule has 2 atom stereocenters. The zero-order valence-electron chi connectivity index (χ0n) is 14.6. The first-order valence-corrected chi connectivity index (χ1v) is 9.72. The van der Waals surface area contributed by atoms with E-state index in [1.165, 1.54) is 89.9 Å². The van der Waals surface area contributed by atoms with Gasteiger partial charge in [-0.1, -0.05) is 64.2 Å². The second-order valence-corrected chi connectivity index (χ2v) is 7.47. The fourth-order valence-corrected chi connectivity index (χ4v) is 4.58. The Labute approximate surface area is 133 Å². The molecule has 2 nitrogen and oxygen atoms in total. The van der Waals surface area contributed by atoms with Gasteiger partial charge in [-0.15, -0.1) is 0 Å². The lowest BCUT2D eigenvalue weighted by Crippen LogP contribution is -2.50. The Balaban J connectivity index is 1.95. The summed E-state index contributed by atoms with van der Waals surface area (Å²) in [5.41, 5.74) is 0. The van der Waals surface area contributed by atoms with Gasteiger partial charge in [0.1, 0.15) is 0 Å². The van der Waals surface area contributed by atoms with Crippen molar-refractivity contribution in [3.8, 4) is 0 Å². The average molecular weight is 295 g/mol. The Morgan fingerprint density at radius 3 is 1.71 bits per heavy atom. The van der Waals surface area contributed by atoms with Crippen molar-refractivity contribution in [2.24, 2.45) is 0 Å². The summed E-state index contributed by atoms with van der Waals surface area (Å²) in [6.07, 6.45) is 20.1. The van der Waals surface area contributed by atoms with E-state index in [-0.39, 0.29) is 0 Å². The Morgan fingerprint density at radius 1 is 0.667 bits per heavy atom. The average Bonchev–Trinajstić information content (AvgIpc) is 3.01. The minimum atomic E-state index is 0.704. The highest BCUT2D eigenvalue weighted by Crippen LogP contribution is 2.28. The Hall–Kier alpha value is -0.0800. The van der Waals surface area contributed by atoms with Gasteiger partial charge in [0.15, 0.2) is 0 Å². The van der Waals surface area contributed by atoms with E-state index in [1.807, 2.05) is 0 Å². The van der Waals surface area contributed by atoms with Crippen LogP contribution in [0.3, 0.4) is 0 Å². The Morgan fingerprint density at radius 2 is 1.14 bits per heavy atom. The maximum absolute atomic E-state index is 3.67. The second-order valence-electron chi connectivity index (χ2n) is 7.47. The van der Waals surface area contributed by atoms with Crippen LogP contribution in [-0.2, 0) is 0 Å². The molecule has 0 aliphatic heterocycles. The van der Waals surface area contributed by atoms with Crippen LogP contribution in [0.2, 0.25) is 0 Å². The fraction of sp³-hybridized carbons (Fsp3) is 1.00. The van der Waals surface area contributed by atoms with Crippen molar-refractivity contribution < 1.29 is 0 Å². The first kappa shape index (κ1) is 17.3. The molecule has 2 heteroatoms. The van der Waals surface area contributed by atoms with E-state index in [1.54, 1.807) is 0 Å². The van der Waals surface area contributed by atoms with Crippen LogP contribution in [0.25, 0.3) is 0 Å². The van der Waals surface area contributed by atoms with Gasteiger partial charge in [-0.05, 0) is 39.8 Å². The fourth-order valence-electron chi connectivity index (χ4n) is 4.58. The predicted octanol–water partition coefficient (Wildman–Crippen LogP) is 4.73. The van der Waals surface area contributed by atoms with E-state index in [2.05, 4.69) is 24.3 Å². The van der Waals surface area contributed by atoms with Crippen molar-refractivity contribution >= 4 is 0 Å². The highest BCUT2D eigenvalue weighted by Gasteiger charge is 2.29. The third-order valence-electron chi connectivity index (χ3n) is 6.02. The molecule has 0 saturated heterocycles. The number of nitrogens with one attached hydrogen (secondary N) is 1. The third-order valence-corrected chi connectivity index (χ3v) is 6.02. The first-order valence-electron chi connectivity index (χ1n) is 9.72. The predicted molar refractivity (Wildman–Crippen MR) is 92.8 cm³/mol. The van der Waals surface area contributed by atoms with Crippen LogP contribution in [-0.4, -0.2) is 37.1 Å². The molecule has 2 rings (SSSR count). The minimum absolute atomic E-state index is 0.704. The standard InChI is InChI=1S/C19H38N2/c1-20-18-15-9-7-5-3-4-6-8-10-16-19(18)21(2)17-13-11-12-14-17/h17-20H,3-16H2,1-2H3. The number of likely N-dealkylation sites (N-methyl/N-ethyl adjacent to an activating group) is 2. The monoisotopic (exact) mass is 294 g/mol. The van der Waals surface area contributed by atoms with Crippen molar-refractivity contribution in [1.29, 1.82) is 0 Å². The minimum Gasteiger partial charge on any atom is -0.315 e. The van der Waals surface area contributed by atoms with Crippen LogP contribution in [0.15, 0.2) is 0 Å². The topological polar surface area (TPSA) is 15.3 Å². The van der Waals surface area contributed by atoms with Gasteiger partial charge in [-0.3, -0.25) is 4.90 Å². The zero-order valence-corrected chi connectivity index (χ0v) is 14.6. The van der Waals surface area contributed by atoms with Crippen LogP contribution in [0.1, 0.15) is 89.9 Å². The van der Waals surface area contributed by atoms with Crippen molar-refractivity contribution in [3.63, 3.8) is 0 Å². The third kappa shape index (κ3) is 5.56. The molecule has 0 amide bonds. The highest BCUT2D eigenvalue weighted by atomic mass is 15.2. The summed E-state index contributed by atoms with van der Waals surface area (Å²) >= 11 is 0. The van der Waals surface area contributed by atoms with Crippen molar-refractivity contribution in [2.75, 3.05) is 14.1 Å². The molecule has 0 aromatic heterocycles. The van der Waals surface area contributed by atoms with Gasteiger partial charge < -0.3 is 5.32 Å². The van der Waals surface area contributed by atoms with Gasteiger partial charge in [0, 0.05) is 18.1 Å². The molecule has 0 radical (unpaired) electrons. The molecule has 0 aromatic rings. The molecule has 2 saturated carbocycles. The van der Waals surface area contributed by atoms with Crippen molar-refractivity contribution in [3.05, 3.63) is 0 Å². The molecule has 21 heavy (non-hydrogen) atoms. The summed E-state index contributed by atoms with van der Waals surface area (Å²) in [6.45, 7) is 0. The largest absolute Gasteiger partial charge is 0.315 e. The van der Waals surface area contributed by atoms with Gasteiger partial charge in [-0.25, -0.2) is 0 Å². The van der Waals surface area contributed by atoms with E-state index < -0.39 is 0 Å². The van der Waals surface area contributed by atoms with Gasteiger partial charge in [0.2, 0.25) is 0 Å². The molecular formula is C19H38N2. The Kier molecular flexibility index (Phi) is 8.10. The lowest BCUT2D eigenvalue weighted by Gasteiger charge is -2.38. The van der Waals surface area contributed by atoms with Crippen LogP contribution in [0.4, 0.5) is 0 Å². The molecule has 2 fully saturated rings. The van der Waals surface area contributed by atoms with E-state index in [0.717, 1.165) is 12.1 Å². The molecule has 2 aliphatic carbocycles. The van der Waals surface area contributed by atoms with Crippen LogP contribution in [0, 0.1) is 0 Å². The summed E-state index contributed by atoms with van der Waals surface area (Å²) in [6, 6.07) is 2.33. The number of nitrogens with zero attached hydrogens (tertiary/aromatic N) is 1. The number of hydrogen-bond acceptors (Lipinski definition) is 2. The lowest BCUT2D eigenvalue weighted by atomic mass is 9.92. The highest BCUT2D eigenvalue weighted by molar-refractivity contribution is 4.88. The summed E-state index contributed by atoms with van der Waals surface area (Å²) in [5.74, 6) is 0. The molecule has 1 N–H and O–H groups in total. The molecule has 0 aromatic carbocycles. The molecule has 124 valence electrons. The molecule has 0 spiro atoms. The van der Waals surface area contributed by atoms with E-state index in [0.29, 0.717) is 6.04 Å². The van der Waals surface area contributed by atoms with Gasteiger partial charge in [0.25, 0.3) is 0 Å². The number of hydrogen-bond donors (Lipinski definition) is 1. The molecule has 2 aliphatic rings. The Bertz CT molecular complexity index is 260. The summed E-state index contributed by atoms with van der Waals surface area (Å²) in [5, 5.41) is 3.67. The lowest BCUT2D eigenvalue weighted by molar-refractivity contribution is 0.125. The zero-order chi connectivity index (χ0) is 14.9. The molecule has 0 bridgehead atoms. The molecular weight excluding hydrogens is 256 g/mol. The second kappa shape index (κ2) is 9.84. The van der Waals surface area contributed by atoms with Crippen LogP contribution >= 0.6 is 0 Å². The maximum Gasteiger partial charge on any atom is 0.0249 e. The maximum atomic E-state index is 3.67. The van der Waals surface area contributed by atoms with Gasteiger partial charge >= 0.3 is 0 Å². The molecule has 2 unspecified atom stereocenters. The van der Waals surface area contributed by atoms with Crippen molar-refractivity contribution in [2.45, 2.75) is 108 Å². The van der Waals surface area contributed by atoms with Gasteiger partial charge in [-0.2, -0.15) is 0 Å². The van der Waals surface area contributed by atoms with Crippen molar-refractivity contribution in [1.82, 2.24) is 10.2 Å². The van der Waals surface area contributed by atoms with E-state index in [9.17, 15) is 0 Å². The van der Waals surface area contributed by atoms with Gasteiger partial charge in [0.05, 0.1) is 0 Å². The first-order chi connectivity index (χ1) is 10.3. The summed E-state index contributed by atoms with van der Waals surface area (Å²) < 4.78 is 0. The normalized spacial score (nSPS) is 31.0.